The minimum absolute atomic E-state index is 0.00554. The van der Waals surface area contributed by atoms with Gasteiger partial charge in [0, 0.05) is 11.1 Å². The van der Waals surface area contributed by atoms with Crippen LogP contribution in [-0.4, -0.2) is 16.1 Å². The number of rotatable bonds is 3. The fourth-order valence-corrected chi connectivity index (χ4v) is 2.32. The highest BCUT2D eigenvalue weighted by atomic mass is 35.5. The maximum atomic E-state index is 12.3. The molecule has 1 aliphatic rings. The van der Waals surface area contributed by atoms with Crippen LogP contribution in [0.4, 0.5) is 5.82 Å². The zero-order valence-corrected chi connectivity index (χ0v) is 10.4. The van der Waals surface area contributed by atoms with E-state index in [1.807, 2.05) is 24.3 Å². The van der Waals surface area contributed by atoms with E-state index in [-0.39, 0.29) is 5.91 Å². The molecule has 5 heteroatoms. The van der Waals surface area contributed by atoms with Gasteiger partial charge in [0.2, 0.25) is 5.91 Å². The third-order valence-electron chi connectivity index (χ3n) is 3.31. The standard InChI is InChI=1S/C13H12ClN3O/c14-10-3-1-2-9(8-10)13(5-6-13)12(18)16-11-4-7-15-17-11/h1-4,7-8H,5-6H2,(H2,15,16,17,18). The maximum Gasteiger partial charge on any atom is 0.236 e. The van der Waals surface area contributed by atoms with Crippen molar-refractivity contribution in [3.05, 3.63) is 47.1 Å². The molecule has 0 spiro atoms. The lowest BCUT2D eigenvalue weighted by molar-refractivity contribution is -0.118. The molecule has 1 saturated carbocycles. The lowest BCUT2D eigenvalue weighted by Gasteiger charge is -2.15. The van der Waals surface area contributed by atoms with Gasteiger partial charge in [-0.3, -0.25) is 9.89 Å². The van der Waals surface area contributed by atoms with E-state index in [4.69, 9.17) is 11.6 Å². The smallest absolute Gasteiger partial charge is 0.236 e. The summed E-state index contributed by atoms with van der Waals surface area (Å²) in [5, 5.41) is 10.0. The molecule has 1 heterocycles. The Morgan fingerprint density at radius 1 is 1.39 bits per heavy atom. The van der Waals surface area contributed by atoms with Crippen LogP contribution in [0.2, 0.25) is 5.02 Å². The maximum absolute atomic E-state index is 12.3. The van der Waals surface area contributed by atoms with Crippen LogP contribution in [-0.2, 0) is 10.2 Å². The summed E-state index contributed by atoms with van der Waals surface area (Å²) in [6, 6.07) is 9.23. The minimum Gasteiger partial charge on any atom is -0.310 e. The Morgan fingerprint density at radius 3 is 2.83 bits per heavy atom. The number of nitrogens with one attached hydrogen (secondary N) is 2. The Bertz CT molecular complexity index is 576. The molecule has 3 rings (SSSR count). The molecule has 1 aliphatic carbocycles. The topological polar surface area (TPSA) is 57.8 Å². The predicted octanol–water partition coefficient (Wildman–Crippen LogP) is 2.73. The van der Waals surface area contributed by atoms with Crippen LogP contribution in [0, 0.1) is 0 Å². The first-order valence-electron chi connectivity index (χ1n) is 5.78. The van der Waals surface area contributed by atoms with Gasteiger partial charge in [-0.15, -0.1) is 0 Å². The van der Waals surface area contributed by atoms with E-state index >= 15 is 0 Å². The van der Waals surface area contributed by atoms with Crippen molar-refractivity contribution in [1.82, 2.24) is 10.2 Å². The second-order valence-electron chi connectivity index (χ2n) is 4.52. The Hall–Kier alpha value is -1.81. The number of hydrogen-bond donors (Lipinski definition) is 2. The molecule has 1 fully saturated rings. The monoisotopic (exact) mass is 261 g/mol. The Kier molecular flexibility index (Phi) is 2.59. The molecule has 2 N–H and O–H groups in total. The van der Waals surface area contributed by atoms with E-state index in [0.717, 1.165) is 18.4 Å². The quantitative estimate of drug-likeness (QED) is 0.893. The average Bonchev–Trinajstić information content (AvgIpc) is 3.03. The summed E-state index contributed by atoms with van der Waals surface area (Å²) in [6.45, 7) is 0. The van der Waals surface area contributed by atoms with E-state index in [9.17, 15) is 4.79 Å². The molecule has 2 aromatic rings. The van der Waals surface area contributed by atoms with Gasteiger partial charge in [0.1, 0.15) is 5.82 Å². The van der Waals surface area contributed by atoms with Crippen molar-refractivity contribution in [2.45, 2.75) is 18.3 Å². The first kappa shape index (κ1) is 11.3. The molecule has 0 bridgehead atoms. The highest BCUT2D eigenvalue weighted by molar-refractivity contribution is 6.30. The summed E-state index contributed by atoms with van der Waals surface area (Å²) in [5.74, 6) is 0.613. The Morgan fingerprint density at radius 2 is 2.22 bits per heavy atom. The van der Waals surface area contributed by atoms with E-state index in [1.165, 1.54) is 0 Å². The van der Waals surface area contributed by atoms with Gasteiger partial charge < -0.3 is 5.32 Å². The number of halogens is 1. The second kappa shape index (κ2) is 4.14. The van der Waals surface area contributed by atoms with E-state index in [0.29, 0.717) is 10.8 Å². The molecule has 1 aromatic heterocycles. The minimum atomic E-state index is -0.421. The van der Waals surface area contributed by atoms with Crippen LogP contribution >= 0.6 is 11.6 Å². The van der Waals surface area contributed by atoms with Crippen LogP contribution in [0.3, 0.4) is 0 Å². The van der Waals surface area contributed by atoms with Gasteiger partial charge in [-0.05, 0) is 30.5 Å². The molecule has 0 unspecified atom stereocenters. The van der Waals surface area contributed by atoms with Gasteiger partial charge in [0.15, 0.2) is 0 Å². The molecule has 0 saturated heterocycles. The average molecular weight is 262 g/mol. The van der Waals surface area contributed by atoms with Crippen LogP contribution in [0.15, 0.2) is 36.5 Å². The highest BCUT2D eigenvalue weighted by Gasteiger charge is 2.51. The summed E-state index contributed by atoms with van der Waals surface area (Å²) in [4.78, 5) is 12.3. The molecule has 1 aromatic carbocycles. The number of carbonyl (C=O) groups is 1. The van der Waals surface area contributed by atoms with Crippen LogP contribution < -0.4 is 5.32 Å². The molecule has 4 nitrogen and oxygen atoms in total. The van der Waals surface area contributed by atoms with Gasteiger partial charge >= 0.3 is 0 Å². The summed E-state index contributed by atoms with van der Waals surface area (Å²) in [5.41, 5.74) is 0.558. The molecule has 18 heavy (non-hydrogen) atoms. The second-order valence-corrected chi connectivity index (χ2v) is 4.95. The lowest BCUT2D eigenvalue weighted by atomic mass is 9.95. The van der Waals surface area contributed by atoms with E-state index in [1.54, 1.807) is 12.3 Å². The van der Waals surface area contributed by atoms with Crippen molar-refractivity contribution < 1.29 is 4.79 Å². The number of aromatic nitrogens is 2. The molecular formula is C13H12ClN3O. The van der Waals surface area contributed by atoms with Gasteiger partial charge in [-0.1, -0.05) is 23.7 Å². The predicted molar refractivity (Wildman–Crippen MR) is 69.6 cm³/mol. The normalized spacial score (nSPS) is 16.3. The van der Waals surface area contributed by atoms with Gasteiger partial charge in [0.25, 0.3) is 0 Å². The molecule has 0 atom stereocenters. The van der Waals surface area contributed by atoms with Gasteiger partial charge in [0.05, 0.1) is 11.6 Å². The van der Waals surface area contributed by atoms with Gasteiger partial charge in [-0.2, -0.15) is 5.10 Å². The highest BCUT2D eigenvalue weighted by Crippen LogP contribution is 2.49. The number of nitrogens with zero attached hydrogens (tertiary/aromatic N) is 1. The number of amides is 1. The van der Waals surface area contributed by atoms with Crippen LogP contribution in [0.25, 0.3) is 0 Å². The SMILES string of the molecule is O=C(Nc1ccn[nH]1)C1(c2cccc(Cl)c2)CC1. The van der Waals surface area contributed by atoms with Crippen molar-refractivity contribution in [2.75, 3.05) is 5.32 Å². The van der Waals surface area contributed by atoms with E-state index < -0.39 is 5.41 Å². The summed E-state index contributed by atoms with van der Waals surface area (Å²) in [6.07, 6.45) is 3.31. The van der Waals surface area contributed by atoms with Crippen LogP contribution in [0.5, 0.6) is 0 Å². The largest absolute Gasteiger partial charge is 0.310 e. The number of anilines is 1. The molecule has 0 aliphatic heterocycles. The Labute approximate surface area is 109 Å². The zero-order valence-electron chi connectivity index (χ0n) is 9.61. The number of carbonyl (C=O) groups excluding carboxylic acids is 1. The number of aromatic amines is 1. The third-order valence-corrected chi connectivity index (χ3v) is 3.55. The summed E-state index contributed by atoms with van der Waals surface area (Å²) < 4.78 is 0. The third kappa shape index (κ3) is 1.88. The first-order chi connectivity index (χ1) is 8.71. The fraction of sp³-hybridized carbons (Fsp3) is 0.231. The van der Waals surface area contributed by atoms with Gasteiger partial charge in [-0.25, -0.2) is 0 Å². The van der Waals surface area contributed by atoms with Crippen molar-refractivity contribution >= 4 is 23.3 Å². The van der Waals surface area contributed by atoms with Crippen LogP contribution in [0.1, 0.15) is 18.4 Å². The molecule has 0 radical (unpaired) electrons. The lowest BCUT2D eigenvalue weighted by Crippen LogP contribution is -2.27. The number of benzene rings is 1. The summed E-state index contributed by atoms with van der Waals surface area (Å²) in [7, 11) is 0. The van der Waals surface area contributed by atoms with Crippen molar-refractivity contribution in [1.29, 1.82) is 0 Å². The van der Waals surface area contributed by atoms with E-state index in [2.05, 4.69) is 15.5 Å². The number of H-pyrrole nitrogens is 1. The Balaban J connectivity index is 1.85. The molecule has 92 valence electrons. The molecular weight excluding hydrogens is 250 g/mol. The first-order valence-corrected chi connectivity index (χ1v) is 6.15. The zero-order chi connectivity index (χ0) is 12.6. The fourth-order valence-electron chi connectivity index (χ4n) is 2.13. The van der Waals surface area contributed by atoms with Crippen molar-refractivity contribution in [2.24, 2.45) is 0 Å². The number of hydrogen-bond acceptors (Lipinski definition) is 2. The van der Waals surface area contributed by atoms with Crippen molar-refractivity contribution in [3.8, 4) is 0 Å². The summed E-state index contributed by atoms with van der Waals surface area (Å²) >= 11 is 5.98. The van der Waals surface area contributed by atoms with Crippen molar-refractivity contribution in [3.63, 3.8) is 0 Å². The molecule has 1 amide bonds.